The van der Waals surface area contributed by atoms with Crippen LogP contribution in [0.15, 0.2) is 30.6 Å². The fourth-order valence-electron chi connectivity index (χ4n) is 1.87. The minimum Gasteiger partial charge on any atom is -0.389 e. The molecule has 96 valence electrons. The van der Waals surface area contributed by atoms with Gasteiger partial charge in [0.1, 0.15) is 11.9 Å². The van der Waals surface area contributed by atoms with E-state index in [4.69, 9.17) is 16.9 Å². The Morgan fingerprint density at radius 3 is 2.74 bits per heavy atom. The molecule has 0 fully saturated rings. The van der Waals surface area contributed by atoms with E-state index in [0.717, 1.165) is 6.20 Å². The molecule has 1 atom stereocenters. The summed E-state index contributed by atoms with van der Waals surface area (Å²) in [6, 6.07) is 6.71. The molecule has 1 heterocycles. The maximum atomic E-state index is 13.7. The van der Waals surface area contributed by atoms with Crippen LogP contribution in [0.4, 0.5) is 4.39 Å². The summed E-state index contributed by atoms with van der Waals surface area (Å²) in [6.07, 6.45) is 1.55. The first kappa shape index (κ1) is 13.5. The molecule has 1 N–H and O–H groups in total. The third-order valence-electron chi connectivity index (χ3n) is 2.76. The Hall–Kier alpha value is -1.96. The van der Waals surface area contributed by atoms with Crippen LogP contribution in [0.25, 0.3) is 11.1 Å². The van der Waals surface area contributed by atoms with Crippen molar-refractivity contribution in [2.45, 2.75) is 13.0 Å². The SMILES string of the molecule is CC(O)c1c(F)cncc1-c1ccc(C#N)c(Cl)c1. The first-order chi connectivity index (χ1) is 9.04. The number of aliphatic hydroxyl groups is 1. The molecule has 19 heavy (non-hydrogen) atoms. The van der Waals surface area contributed by atoms with Crippen molar-refractivity contribution in [3.05, 3.63) is 52.6 Å². The third kappa shape index (κ3) is 2.58. The molecule has 0 saturated carbocycles. The van der Waals surface area contributed by atoms with Crippen molar-refractivity contribution in [1.82, 2.24) is 4.98 Å². The minimum atomic E-state index is -0.965. The van der Waals surface area contributed by atoms with Crippen LogP contribution in [0.3, 0.4) is 0 Å². The predicted octanol–water partition coefficient (Wildman–Crippen LogP) is 3.47. The molecule has 0 saturated heterocycles. The highest BCUT2D eigenvalue weighted by molar-refractivity contribution is 6.32. The van der Waals surface area contributed by atoms with Gasteiger partial charge in [0.15, 0.2) is 0 Å². The molecular formula is C14H10ClFN2O. The van der Waals surface area contributed by atoms with Crippen LogP contribution in [-0.2, 0) is 0 Å². The van der Waals surface area contributed by atoms with E-state index in [0.29, 0.717) is 16.7 Å². The molecule has 2 aromatic rings. The van der Waals surface area contributed by atoms with Crippen molar-refractivity contribution in [3.63, 3.8) is 0 Å². The van der Waals surface area contributed by atoms with Crippen LogP contribution in [0.2, 0.25) is 5.02 Å². The topological polar surface area (TPSA) is 56.9 Å². The summed E-state index contributed by atoms with van der Waals surface area (Å²) in [5, 5.41) is 18.8. The largest absolute Gasteiger partial charge is 0.389 e. The highest BCUT2D eigenvalue weighted by Gasteiger charge is 2.16. The van der Waals surface area contributed by atoms with Gasteiger partial charge in [-0.1, -0.05) is 17.7 Å². The highest BCUT2D eigenvalue weighted by Crippen LogP contribution is 2.31. The fourth-order valence-corrected chi connectivity index (χ4v) is 2.10. The summed E-state index contributed by atoms with van der Waals surface area (Å²) in [5.74, 6) is -0.576. The molecule has 0 radical (unpaired) electrons. The Bertz CT molecular complexity index is 665. The van der Waals surface area contributed by atoms with E-state index in [2.05, 4.69) is 4.98 Å². The Kier molecular flexibility index (Phi) is 3.79. The molecular weight excluding hydrogens is 267 g/mol. The van der Waals surface area contributed by atoms with E-state index in [9.17, 15) is 9.50 Å². The summed E-state index contributed by atoms with van der Waals surface area (Å²) in [7, 11) is 0. The van der Waals surface area contributed by atoms with Crippen LogP contribution in [0, 0.1) is 17.1 Å². The van der Waals surface area contributed by atoms with Gasteiger partial charge in [0.25, 0.3) is 0 Å². The third-order valence-corrected chi connectivity index (χ3v) is 3.07. The standard InChI is InChI=1S/C14H10ClFN2O/c1-8(19)14-11(6-18-7-13(14)16)9-2-3-10(5-17)12(15)4-9/h2-4,6-8,19H,1H3. The lowest BCUT2D eigenvalue weighted by Crippen LogP contribution is -2.00. The first-order valence-electron chi connectivity index (χ1n) is 5.56. The zero-order valence-electron chi connectivity index (χ0n) is 10.1. The van der Waals surface area contributed by atoms with Crippen LogP contribution >= 0.6 is 11.6 Å². The number of rotatable bonds is 2. The van der Waals surface area contributed by atoms with Gasteiger partial charge in [-0.2, -0.15) is 5.26 Å². The van der Waals surface area contributed by atoms with Crippen molar-refractivity contribution in [2.24, 2.45) is 0 Å². The van der Waals surface area contributed by atoms with E-state index < -0.39 is 11.9 Å². The summed E-state index contributed by atoms with van der Waals surface area (Å²) in [5.41, 5.74) is 1.57. The van der Waals surface area contributed by atoms with E-state index in [1.54, 1.807) is 18.2 Å². The van der Waals surface area contributed by atoms with Crippen molar-refractivity contribution >= 4 is 11.6 Å². The summed E-state index contributed by atoms with van der Waals surface area (Å²) in [4.78, 5) is 3.78. The van der Waals surface area contributed by atoms with E-state index in [1.165, 1.54) is 13.1 Å². The maximum absolute atomic E-state index is 13.7. The Morgan fingerprint density at radius 2 is 2.16 bits per heavy atom. The van der Waals surface area contributed by atoms with Gasteiger partial charge in [-0.05, 0) is 24.6 Å². The lowest BCUT2D eigenvalue weighted by molar-refractivity contribution is 0.194. The minimum absolute atomic E-state index is 0.163. The molecule has 5 heteroatoms. The average Bonchev–Trinajstić information content (AvgIpc) is 2.37. The lowest BCUT2D eigenvalue weighted by atomic mass is 9.98. The van der Waals surface area contributed by atoms with Crippen LogP contribution < -0.4 is 0 Å². The molecule has 0 aliphatic rings. The second-order valence-corrected chi connectivity index (χ2v) is 4.47. The molecule has 3 nitrogen and oxygen atoms in total. The van der Waals surface area contributed by atoms with Gasteiger partial charge in [-0.15, -0.1) is 0 Å². The second-order valence-electron chi connectivity index (χ2n) is 4.06. The molecule has 0 aliphatic carbocycles. The Balaban J connectivity index is 2.63. The highest BCUT2D eigenvalue weighted by atomic mass is 35.5. The van der Waals surface area contributed by atoms with Crippen molar-refractivity contribution in [3.8, 4) is 17.2 Å². The second kappa shape index (κ2) is 5.35. The molecule has 1 aromatic heterocycles. The first-order valence-corrected chi connectivity index (χ1v) is 5.94. The number of nitrogens with zero attached hydrogens (tertiary/aromatic N) is 2. The molecule has 0 aliphatic heterocycles. The quantitative estimate of drug-likeness (QED) is 0.914. The van der Waals surface area contributed by atoms with Gasteiger partial charge in [0.05, 0.1) is 22.9 Å². The number of aromatic nitrogens is 1. The van der Waals surface area contributed by atoms with Crippen molar-refractivity contribution in [1.29, 1.82) is 5.26 Å². The Labute approximate surface area is 114 Å². The van der Waals surface area contributed by atoms with Gasteiger partial charge >= 0.3 is 0 Å². The number of nitriles is 1. The predicted molar refractivity (Wildman–Crippen MR) is 70.0 cm³/mol. The number of hydrogen-bond donors (Lipinski definition) is 1. The van der Waals surface area contributed by atoms with Crippen molar-refractivity contribution < 1.29 is 9.50 Å². The van der Waals surface area contributed by atoms with Crippen LogP contribution in [0.5, 0.6) is 0 Å². The van der Waals surface area contributed by atoms with Crippen LogP contribution in [-0.4, -0.2) is 10.1 Å². The van der Waals surface area contributed by atoms with E-state index in [1.807, 2.05) is 6.07 Å². The summed E-state index contributed by atoms with van der Waals surface area (Å²) in [6.45, 7) is 1.48. The molecule has 0 spiro atoms. The summed E-state index contributed by atoms with van der Waals surface area (Å²) < 4.78 is 13.7. The zero-order valence-corrected chi connectivity index (χ0v) is 10.8. The number of pyridine rings is 1. The van der Waals surface area contributed by atoms with Crippen LogP contribution in [0.1, 0.15) is 24.2 Å². The van der Waals surface area contributed by atoms with Crippen molar-refractivity contribution in [2.75, 3.05) is 0 Å². The normalized spacial score (nSPS) is 11.9. The van der Waals surface area contributed by atoms with Gasteiger partial charge < -0.3 is 5.11 Å². The number of benzene rings is 1. The molecule has 0 amide bonds. The van der Waals surface area contributed by atoms with Gasteiger partial charge in [-0.3, -0.25) is 4.98 Å². The van der Waals surface area contributed by atoms with Gasteiger partial charge in [-0.25, -0.2) is 4.39 Å². The fraction of sp³-hybridized carbons (Fsp3) is 0.143. The number of halogens is 2. The molecule has 0 bridgehead atoms. The monoisotopic (exact) mass is 276 g/mol. The molecule has 2 rings (SSSR count). The van der Waals surface area contributed by atoms with Gasteiger partial charge in [0, 0.05) is 17.3 Å². The maximum Gasteiger partial charge on any atom is 0.147 e. The average molecular weight is 277 g/mol. The van der Waals surface area contributed by atoms with Gasteiger partial charge in [0.2, 0.25) is 0 Å². The van der Waals surface area contributed by atoms with E-state index >= 15 is 0 Å². The summed E-state index contributed by atoms with van der Waals surface area (Å²) >= 11 is 5.95. The lowest BCUT2D eigenvalue weighted by Gasteiger charge is -2.13. The number of aliphatic hydroxyl groups excluding tert-OH is 1. The number of hydrogen-bond acceptors (Lipinski definition) is 3. The molecule has 1 unspecified atom stereocenters. The Morgan fingerprint density at radius 1 is 1.42 bits per heavy atom. The smallest absolute Gasteiger partial charge is 0.147 e. The zero-order chi connectivity index (χ0) is 14.0. The van der Waals surface area contributed by atoms with E-state index in [-0.39, 0.29) is 10.6 Å². The molecule has 1 aromatic carbocycles.